The first kappa shape index (κ1) is 19.9. The van der Waals surface area contributed by atoms with Crippen LogP contribution in [0, 0.1) is 17.8 Å². The number of rotatable bonds is 5. The Hall–Kier alpha value is -2.84. The minimum Gasteiger partial charge on any atom is -0.396 e. The van der Waals surface area contributed by atoms with Gasteiger partial charge in [0, 0.05) is 42.1 Å². The first-order chi connectivity index (χ1) is 13.5. The van der Waals surface area contributed by atoms with E-state index >= 15 is 0 Å². The number of Topliss-reactive ketones (excluding diaryl/α,β-unsaturated/α-hetero) is 4. The predicted octanol–water partition coefficient (Wildman–Crippen LogP) is 2.83. The van der Waals surface area contributed by atoms with Gasteiger partial charge in [0.2, 0.25) is 0 Å². The molecule has 2 aliphatic carbocycles. The first-order valence-corrected chi connectivity index (χ1v) is 9.60. The second-order valence-electron chi connectivity index (χ2n) is 7.16. The Balaban J connectivity index is 1.75. The van der Waals surface area contributed by atoms with Gasteiger partial charge in [0.15, 0.2) is 11.6 Å². The highest BCUT2D eigenvalue weighted by molar-refractivity contribution is 6.39. The fourth-order valence-electron chi connectivity index (χ4n) is 3.49. The van der Waals surface area contributed by atoms with Gasteiger partial charge in [-0.25, -0.2) is 0 Å². The summed E-state index contributed by atoms with van der Waals surface area (Å²) in [6.07, 6.45) is 5.27. The third kappa shape index (κ3) is 4.35. The number of carbonyl (C=O) groups excluding carboxylic acids is 4. The van der Waals surface area contributed by atoms with Crippen LogP contribution >= 0.6 is 0 Å². The van der Waals surface area contributed by atoms with Gasteiger partial charge in [-0.3, -0.25) is 19.2 Å². The van der Waals surface area contributed by atoms with Crippen molar-refractivity contribution in [1.82, 2.24) is 0 Å². The van der Waals surface area contributed by atoms with E-state index in [4.69, 9.17) is 5.11 Å². The van der Waals surface area contributed by atoms with E-state index in [1.54, 1.807) is 18.2 Å². The highest BCUT2D eigenvalue weighted by atomic mass is 16.3. The Morgan fingerprint density at radius 3 is 2.57 bits per heavy atom. The van der Waals surface area contributed by atoms with Gasteiger partial charge in [-0.15, -0.1) is 0 Å². The molecule has 28 heavy (non-hydrogen) atoms. The molecule has 1 fully saturated rings. The molecule has 1 N–H and O–H groups in total. The lowest BCUT2D eigenvalue weighted by Gasteiger charge is -2.16. The van der Waals surface area contributed by atoms with E-state index in [0.29, 0.717) is 36.0 Å². The second kappa shape index (κ2) is 8.90. The van der Waals surface area contributed by atoms with E-state index in [9.17, 15) is 19.2 Å². The zero-order valence-corrected chi connectivity index (χ0v) is 15.6. The summed E-state index contributed by atoms with van der Waals surface area (Å²) in [6, 6.07) is 4.96. The lowest BCUT2D eigenvalue weighted by atomic mass is 9.85. The predicted molar refractivity (Wildman–Crippen MR) is 103 cm³/mol. The Morgan fingerprint density at radius 1 is 1.04 bits per heavy atom. The van der Waals surface area contributed by atoms with Crippen molar-refractivity contribution in [2.24, 2.45) is 5.92 Å². The highest BCUT2D eigenvalue weighted by Crippen LogP contribution is 2.30. The highest BCUT2D eigenvalue weighted by Gasteiger charge is 2.35. The Kier molecular flexibility index (Phi) is 6.33. The van der Waals surface area contributed by atoms with Crippen molar-refractivity contribution in [3.8, 4) is 11.8 Å². The standard InChI is InChI=1S/C23H22O5/c24-11-5-3-1-2-4-6-15-7-10-18-19(12-15)23(28)20(22(18)27)13-16-8-9-17(25)14-21(16)26/h7,10,12-13,16,24H,1-3,5,8-9,11,14H2/b20-13-. The molecule has 0 aromatic heterocycles. The average molecular weight is 378 g/mol. The third-order valence-electron chi connectivity index (χ3n) is 5.08. The number of allylic oxidation sites excluding steroid dienone is 2. The van der Waals surface area contributed by atoms with Crippen molar-refractivity contribution in [3.05, 3.63) is 46.5 Å². The molecule has 0 saturated heterocycles. The molecule has 2 aliphatic rings. The molecular weight excluding hydrogens is 356 g/mol. The summed E-state index contributed by atoms with van der Waals surface area (Å²) in [4.78, 5) is 48.7. The largest absolute Gasteiger partial charge is 0.396 e. The number of carbonyl (C=O) groups is 4. The van der Waals surface area contributed by atoms with Crippen molar-refractivity contribution < 1.29 is 24.3 Å². The van der Waals surface area contributed by atoms with Crippen LogP contribution in [-0.2, 0) is 9.59 Å². The molecule has 5 nitrogen and oxygen atoms in total. The van der Waals surface area contributed by atoms with Gasteiger partial charge in [0.05, 0.1) is 12.0 Å². The zero-order valence-electron chi connectivity index (χ0n) is 15.6. The summed E-state index contributed by atoms with van der Waals surface area (Å²) in [5, 5.41) is 8.75. The number of aliphatic hydroxyl groups is 1. The van der Waals surface area contributed by atoms with Crippen LogP contribution in [0.5, 0.6) is 0 Å². The van der Waals surface area contributed by atoms with E-state index in [1.165, 1.54) is 6.08 Å². The molecule has 144 valence electrons. The van der Waals surface area contributed by atoms with Gasteiger partial charge in [-0.05, 0) is 37.5 Å². The van der Waals surface area contributed by atoms with Crippen LogP contribution < -0.4 is 0 Å². The molecular formula is C23H22O5. The minimum atomic E-state index is -0.548. The van der Waals surface area contributed by atoms with Crippen LogP contribution in [0.4, 0.5) is 0 Å². The molecule has 0 radical (unpaired) electrons. The number of fused-ring (bicyclic) bond motifs is 1. The van der Waals surface area contributed by atoms with Crippen LogP contribution in [-0.4, -0.2) is 34.8 Å². The summed E-state index contributed by atoms with van der Waals surface area (Å²) in [5.41, 5.74) is 1.35. The number of unbranched alkanes of at least 4 members (excludes halogenated alkanes) is 3. The summed E-state index contributed by atoms with van der Waals surface area (Å²) in [7, 11) is 0. The lowest BCUT2D eigenvalue weighted by Crippen LogP contribution is -2.24. The van der Waals surface area contributed by atoms with Crippen molar-refractivity contribution in [2.75, 3.05) is 6.61 Å². The van der Waals surface area contributed by atoms with Gasteiger partial charge in [0.25, 0.3) is 0 Å². The molecule has 0 amide bonds. The fourth-order valence-corrected chi connectivity index (χ4v) is 3.49. The van der Waals surface area contributed by atoms with Gasteiger partial charge in [0.1, 0.15) is 11.6 Å². The summed E-state index contributed by atoms with van der Waals surface area (Å²) in [5.74, 6) is 4.44. The maximum absolute atomic E-state index is 12.7. The molecule has 1 atom stereocenters. The molecule has 0 heterocycles. The smallest absolute Gasteiger partial charge is 0.197 e. The van der Waals surface area contributed by atoms with Crippen LogP contribution in [0.15, 0.2) is 29.8 Å². The molecule has 1 unspecified atom stereocenters. The van der Waals surface area contributed by atoms with Crippen molar-refractivity contribution >= 4 is 23.1 Å². The minimum absolute atomic E-state index is 0.0248. The monoisotopic (exact) mass is 378 g/mol. The van der Waals surface area contributed by atoms with E-state index in [1.807, 2.05) is 0 Å². The normalized spacial score (nSPS) is 20.3. The SMILES string of the molecule is O=C1CCC(/C=C2/C(=O)c3ccc(C#CCCCCCO)cc3C2=O)C(=O)C1. The summed E-state index contributed by atoms with van der Waals surface area (Å²) < 4.78 is 0. The van der Waals surface area contributed by atoms with Gasteiger partial charge < -0.3 is 5.11 Å². The van der Waals surface area contributed by atoms with E-state index < -0.39 is 5.92 Å². The van der Waals surface area contributed by atoms with Crippen LogP contribution in [0.3, 0.4) is 0 Å². The molecule has 3 rings (SSSR count). The van der Waals surface area contributed by atoms with Crippen LogP contribution in [0.1, 0.15) is 71.2 Å². The molecule has 0 spiro atoms. The maximum atomic E-state index is 12.7. The fraction of sp³-hybridized carbons (Fsp3) is 0.391. The van der Waals surface area contributed by atoms with Crippen LogP contribution in [0.25, 0.3) is 0 Å². The zero-order chi connectivity index (χ0) is 20.1. The van der Waals surface area contributed by atoms with Gasteiger partial charge >= 0.3 is 0 Å². The Morgan fingerprint density at radius 2 is 1.82 bits per heavy atom. The van der Waals surface area contributed by atoms with Crippen molar-refractivity contribution in [2.45, 2.75) is 44.9 Å². The lowest BCUT2D eigenvalue weighted by molar-refractivity contribution is -0.131. The quantitative estimate of drug-likeness (QED) is 0.280. The number of benzene rings is 1. The Bertz CT molecular complexity index is 926. The molecule has 5 heteroatoms. The molecule has 1 aromatic rings. The van der Waals surface area contributed by atoms with E-state index in [2.05, 4.69) is 11.8 Å². The number of hydrogen-bond acceptors (Lipinski definition) is 5. The van der Waals surface area contributed by atoms with Gasteiger partial charge in [-0.2, -0.15) is 0 Å². The van der Waals surface area contributed by atoms with E-state index in [0.717, 1.165) is 19.3 Å². The van der Waals surface area contributed by atoms with Gasteiger partial charge in [-0.1, -0.05) is 24.3 Å². The second-order valence-corrected chi connectivity index (χ2v) is 7.16. The molecule has 1 aromatic carbocycles. The Labute approximate surface area is 163 Å². The average Bonchev–Trinajstić information content (AvgIpc) is 2.91. The van der Waals surface area contributed by atoms with Crippen molar-refractivity contribution in [3.63, 3.8) is 0 Å². The summed E-state index contributed by atoms with van der Waals surface area (Å²) >= 11 is 0. The molecule has 0 bridgehead atoms. The maximum Gasteiger partial charge on any atom is 0.197 e. The van der Waals surface area contributed by atoms with E-state index in [-0.39, 0.29) is 41.7 Å². The summed E-state index contributed by atoms with van der Waals surface area (Å²) in [6.45, 7) is 0.188. The number of aliphatic hydroxyl groups excluding tert-OH is 1. The third-order valence-corrected chi connectivity index (χ3v) is 5.08. The topological polar surface area (TPSA) is 88.5 Å². The first-order valence-electron chi connectivity index (χ1n) is 9.60. The molecule has 1 saturated carbocycles. The molecule has 0 aliphatic heterocycles. The van der Waals surface area contributed by atoms with Crippen molar-refractivity contribution in [1.29, 1.82) is 0 Å². The number of ketones is 4. The number of hydrogen-bond donors (Lipinski definition) is 1. The van der Waals surface area contributed by atoms with Crippen LogP contribution in [0.2, 0.25) is 0 Å².